The largest absolute Gasteiger partial charge is 0.360 e. The second-order valence-corrected chi connectivity index (χ2v) is 6.12. The van der Waals surface area contributed by atoms with Crippen molar-refractivity contribution in [3.05, 3.63) is 60.4 Å². The molecule has 1 aliphatic rings. The Morgan fingerprint density at radius 3 is 3.08 bits per heavy atom. The summed E-state index contributed by atoms with van der Waals surface area (Å²) in [4.78, 5) is 30.0. The lowest BCUT2D eigenvalue weighted by Crippen LogP contribution is -2.37. The van der Waals surface area contributed by atoms with Gasteiger partial charge in [-0.15, -0.1) is 0 Å². The van der Waals surface area contributed by atoms with Crippen LogP contribution in [0, 0.1) is 5.82 Å². The predicted molar refractivity (Wildman–Crippen MR) is 94.1 cm³/mol. The highest BCUT2D eigenvalue weighted by Crippen LogP contribution is 2.20. The smallest absolute Gasteiger partial charge is 0.253 e. The van der Waals surface area contributed by atoms with Crippen molar-refractivity contribution in [3.8, 4) is 11.4 Å². The first-order valence-corrected chi connectivity index (χ1v) is 8.32. The lowest BCUT2D eigenvalue weighted by Gasteiger charge is -2.17. The number of amides is 1. The Kier molecular flexibility index (Phi) is 4.30. The van der Waals surface area contributed by atoms with Gasteiger partial charge in [0.05, 0.1) is 23.1 Å². The fourth-order valence-corrected chi connectivity index (χ4v) is 3.00. The molecule has 0 aromatic carbocycles. The number of carbonyl (C=O) groups excluding carboxylic acids is 1. The second kappa shape index (κ2) is 6.91. The zero-order valence-corrected chi connectivity index (χ0v) is 13.9. The van der Waals surface area contributed by atoms with Crippen LogP contribution in [0.3, 0.4) is 0 Å². The molecule has 0 bridgehead atoms. The van der Waals surface area contributed by atoms with E-state index in [0.29, 0.717) is 12.5 Å². The van der Waals surface area contributed by atoms with Gasteiger partial charge in [-0.25, -0.2) is 14.4 Å². The van der Waals surface area contributed by atoms with Crippen LogP contribution in [-0.4, -0.2) is 45.0 Å². The molecule has 1 saturated heterocycles. The van der Waals surface area contributed by atoms with Crippen molar-refractivity contribution in [2.45, 2.75) is 12.5 Å². The number of H-pyrrole nitrogens is 1. The normalized spacial score (nSPS) is 16.7. The van der Waals surface area contributed by atoms with Crippen molar-refractivity contribution in [2.24, 2.45) is 0 Å². The number of hydrogen-bond donors (Lipinski definition) is 2. The zero-order valence-electron chi connectivity index (χ0n) is 13.9. The number of rotatable bonds is 4. The molecule has 132 valence electrons. The van der Waals surface area contributed by atoms with E-state index < -0.39 is 5.82 Å². The van der Waals surface area contributed by atoms with Crippen LogP contribution >= 0.6 is 0 Å². The number of halogens is 1. The molecule has 1 atom stereocenters. The number of pyridine rings is 1. The number of aromatic nitrogens is 4. The zero-order chi connectivity index (χ0) is 17.9. The number of anilines is 1. The maximum absolute atomic E-state index is 13.2. The van der Waals surface area contributed by atoms with E-state index >= 15 is 0 Å². The van der Waals surface area contributed by atoms with Gasteiger partial charge in [-0.1, -0.05) is 0 Å². The second-order valence-electron chi connectivity index (χ2n) is 6.12. The summed E-state index contributed by atoms with van der Waals surface area (Å²) < 4.78 is 13.2. The van der Waals surface area contributed by atoms with Gasteiger partial charge in [0.1, 0.15) is 5.82 Å². The third-order valence-electron chi connectivity index (χ3n) is 4.29. The molecule has 1 amide bonds. The van der Waals surface area contributed by atoms with E-state index in [-0.39, 0.29) is 17.5 Å². The molecule has 1 aliphatic heterocycles. The van der Waals surface area contributed by atoms with Crippen LogP contribution in [0.1, 0.15) is 16.8 Å². The molecule has 3 aromatic rings. The molecule has 2 N–H and O–H groups in total. The molecule has 0 radical (unpaired) electrons. The van der Waals surface area contributed by atoms with E-state index in [2.05, 4.69) is 25.3 Å². The molecule has 8 heteroatoms. The molecular weight excluding hydrogens is 335 g/mol. The fraction of sp³-hybridized carbons (Fsp3) is 0.222. The Balaban J connectivity index is 1.42. The van der Waals surface area contributed by atoms with Crippen LogP contribution in [0.2, 0.25) is 0 Å². The summed E-state index contributed by atoms with van der Waals surface area (Å²) in [5.74, 6) is -0.230. The quantitative estimate of drug-likeness (QED) is 0.750. The van der Waals surface area contributed by atoms with Crippen LogP contribution < -0.4 is 10.2 Å². The van der Waals surface area contributed by atoms with E-state index in [1.54, 1.807) is 6.20 Å². The SMILES string of the molecule is O=C(NC1CCN(c2nccc(-c3ccc[nH]3)n2)C1)c1cncc(F)c1. The molecule has 0 spiro atoms. The monoisotopic (exact) mass is 352 g/mol. The molecule has 1 unspecified atom stereocenters. The molecule has 3 aromatic heterocycles. The molecule has 4 heterocycles. The molecule has 0 saturated carbocycles. The van der Waals surface area contributed by atoms with Crippen molar-refractivity contribution < 1.29 is 9.18 Å². The summed E-state index contributed by atoms with van der Waals surface area (Å²) in [5, 5.41) is 2.92. The predicted octanol–water partition coefficient (Wildman–Crippen LogP) is 2.01. The van der Waals surface area contributed by atoms with Crippen LogP contribution in [0.4, 0.5) is 10.3 Å². The topological polar surface area (TPSA) is 86.8 Å². The van der Waals surface area contributed by atoms with Crippen LogP contribution in [0.15, 0.2) is 49.1 Å². The van der Waals surface area contributed by atoms with E-state index in [4.69, 9.17) is 0 Å². The van der Waals surface area contributed by atoms with Crippen molar-refractivity contribution >= 4 is 11.9 Å². The first-order valence-electron chi connectivity index (χ1n) is 8.32. The molecule has 0 aliphatic carbocycles. The third kappa shape index (κ3) is 3.39. The van der Waals surface area contributed by atoms with Gasteiger partial charge in [0.15, 0.2) is 0 Å². The number of nitrogens with one attached hydrogen (secondary N) is 2. The molecule has 7 nitrogen and oxygen atoms in total. The highest BCUT2D eigenvalue weighted by atomic mass is 19.1. The van der Waals surface area contributed by atoms with Crippen LogP contribution in [0.25, 0.3) is 11.4 Å². The summed E-state index contributed by atoms with van der Waals surface area (Å²) in [5.41, 5.74) is 1.96. The molecule has 26 heavy (non-hydrogen) atoms. The van der Waals surface area contributed by atoms with Gasteiger partial charge in [-0.2, -0.15) is 0 Å². The van der Waals surface area contributed by atoms with Crippen LogP contribution in [0.5, 0.6) is 0 Å². The Morgan fingerprint density at radius 2 is 2.27 bits per heavy atom. The number of carbonyl (C=O) groups is 1. The summed E-state index contributed by atoms with van der Waals surface area (Å²) in [7, 11) is 0. The summed E-state index contributed by atoms with van der Waals surface area (Å²) in [6.45, 7) is 1.34. The Labute approximate surface area is 149 Å². The highest BCUT2D eigenvalue weighted by Gasteiger charge is 2.26. The fourth-order valence-electron chi connectivity index (χ4n) is 3.00. The average molecular weight is 352 g/mol. The lowest BCUT2D eigenvalue weighted by molar-refractivity contribution is 0.0939. The van der Waals surface area contributed by atoms with E-state index in [9.17, 15) is 9.18 Å². The van der Waals surface area contributed by atoms with E-state index in [1.165, 1.54) is 12.3 Å². The van der Waals surface area contributed by atoms with Gasteiger partial charge < -0.3 is 15.2 Å². The van der Waals surface area contributed by atoms with Crippen molar-refractivity contribution in [1.82, 2.24) is 25.3 Å². The Morgan fingerprint density at radius 1 is 1.35 bits per heavy atom. The van der Waals surface area contributed by atoms with Crippen LogP contribution in [-0.2, 0) is 0 Å². The third-order valence-corrected chi connectivity index (χ3v) is 4.29. The van der Waals surface area contributed by atoms with E-state index in [1.807, 2.05) is 29.3 Å². The van der Waals surface area contributed by atoms with Gasteiger partial charge in [0.2, 0.25) is 5.95 Å². The van der Waals surface area contributed by atoms with Gasteiger partial charge >= 0.3 is 0 Å². The summed E-state index contributed by atoms with van der Waals surface area (Å²) >= 11 is 0. The standard InChI is InChI=1S/C18H17FN6O/c19-13-8-12(9-20-10-13)17(26)23-14-4-7-25(11-14)18-22-6-3-16(24-18)15-2-1-5-21-15/h1-3,5-6,8-10,14,21H,4,7,11H2,(H,23,26). The molecule has 1 fully saturated rings. The first-order chi connectivity index (χ1) is 12.7. The molecule has 4 rings (SSSR count). The van der Waals surface area contributed by atoms with Gasteiger partial charge in [-0.05, 0) is 30.7 Å². The van der Waals surface area contributed by atoms with Gasteiger partial charge in [0, 0.05) is 37.7 Å². The number of nitrogens with zero attached hydrogens (tertiary/aromatic N) is 4. The van der Waals surface area contributed by atoms with Gasteiger partial charge in [-0.3, -0.25) is 9.78 Å². The van der Waals surface area contributed by atoms with Crippen molar-refractivity contribution in [3.63, 3.8) is 0 Å². The van der Waals surface area contributed by atoms with Crippen molar-refractivity contribution in [2.75, 3.05) is 18.0 Å². The maximum atomic E-state index is 13.2. The number of hydrogen-bond acceptors (Lipinski definition) is 5. The Hall–Kier alpha value is -3.29. The Bertz CT molecular complexity index is 914. The van der Waals surface area contributed by atoms with Gasteiger partial charge in [0.25, 0.3) is 5.91 Å². The maximum Gasteiger partial charge on any atom is 0.253 e. The average Bonchev–Trinajstić information content (AvgIpc) is 3.34. The summed E-state index contributed by atoms with van der Waals surface area (Å²) in [6.07, 6.45) is 6.77. The molecular formula is C18H17FN6O. The first kappa shape index (κ1) is 16.2. The van der Waals surface area contributed by atoms with Crippen molar-refractivity contribution in [1.29, 1.82) is 0 Å². The minimum Gasteiger partial charge on any atom is -0.360 e. The minimum absolute atomic E-state index is 0.0523. The summed E-state index contributed by atoms with van der Waals surface area (Å²) in [6, 6.07) is 6.84. The highest BCUT2D eigenvalue weighted by molar-refractivity contribution is 5.94. The lowest BCUT2D eigenvalue weighted by atomic mass is 10.2. The minimum atomic E-state index is -0.528. The van der Waals surface area contributed by atoms with E-state index in [0.717, 1.165) is 30.6 Å². The number of aromatic amines is 1.